The van der Waals surface area contributed by atoms with E-state index in [1.165, 1.54) is 4.90 Å². The number of alkyl halides is 3. The fourth-order valence-electron chi connectivity index (χ4n) is 1.52. The molecule has 0 spiro atoms. The van der Waals surface area contributed by atoms with Crippen LogP contribution in [-0.4, -0.2) is 29.0 Å². The number of nitrogens with two attached hydrogens (primary N) is 1. The summed E-state index contributed by atoms with van der Waals surface area (Å²) < 4.78 is 38.0. The van der Waals surface area contributed by atoms with Gasteiger partial charge in [-0.25, -0.2) is 9.97 Å². The van der Waals surface area contributed by atoms with Crippen molar-refractivity contribution in [1.29, 1.82) is 0 Å². The molecule has 112 valence electrons. The van der Waals surface area contributed by atoms with Gasteiger partial charge in [0.2, 0.25) is 11.2 Å². The minimum Gasteiger partial charge on any atom is -0.368 e. The van der Waals surface area contributed by atoms with Crippen LogP contribution in [0.2, 0.25) is 5.28 Å². The molecule has 0 fully saturated rings. The Morgan fingerprint density at radius 2 is 2.10 bits per heavy atom. The first-order valence-corrected chi connectivity index (χ1v) is 6.27. The van der Waals surface area contributed by atoms with E-state index in [2.05, 4.69) is 9.97 Å². The molecular formula is C11H14ClF3N4O. The summed E-state index contributed by atoms with van der Waals surface area (Å²) in [6, 6.07) is 0.754. The molecule has 0 unspecified atom stereocenters. The van der Waals surface area contributed by atoms with Crippen molar-refractivity contribution < 1.29 is 18.0 Å². The summed E-state index contributed by atoms with van der Waals surface area (Å²) in [5.74, 6) is -0.728. The van der Waals surface area contributed by atoms with Gasteiger partial charge >= 0.3 is 6.18 Å². The van der Waals surface area contributed by atoms with Gasteiger partial charge in [0.05, 0.1) is 6.54 Å². The van der Waals surface area contributed by atoms with E-state index in [-0.39, 0.29) is 12.4 Å². The first kappa shape index (κ1) is 16.5. The van der Waals surface area contributed by atoms with E-state index in [9.17, 15) is 18.0 Å². The van der Waals surface area contributed by atoms with Gasteiger partial charge < -0.3 is 10.6 Å². The molecule has 5 nitrogen and oxygen atoms in total. The Morgan fingerprint density at radius 3 is 2.60 bits per heavy atom. The van der Waals surface area contributed by atoms with Gasteiger partial charge in [-0.3, -0.25) is 4.79 Å². The third-order valence-corrected chi connectivity index (χ3v) is 2.60. The van der Waals surface area contributed by atoms with Crippen molar-refractivity contribution in [2.45, 2.75) is 25.9 Å². The largest absolute Gasteiger partial charge is 0.433 e. The zero-order chi connectivity index (χ0) is 15.3. The van der Waals surface area contributed by atoms with Crippen LogP contribution in [0.1, 0.15) is 25.5 Å². The topological polar surface area (TPSA) is 72.1 Å². The molecule has 0 radical (unpaired) electrons. The van der Waals surface area contributed by atoms with Gasteiger partial charge in [-0.05, 0) is 18.0 Å². The van der Waals surface area contributed by atoms with Crippen molar-refractivity contribution in [2.24, 2.45) is 5.73 Å². The van der Waals surface area contributed by atoms with Crippen molar-refractivity contribution in [3.63, 3.8) is 0 Å². The third-order valence-electron chi connectivity index (χ3n) is 2.43. The SMILES string of the molecule is CCCCN(CC(N)=O)c1cc(C(F)(F)F)nc(Cl)n1. The predicted octanol–water partition coefficient (Wildman–Crippen LogP) is 2.24. The monoisotopic (exact) mass is 310 g/mol. The van der Waals surface area contributed by atoms with Crippen LogP contribution in [0.15, 0.2) is 6.07 Å². The molecule has 0 bridgehead atoms. The Labute approximate surface area is 118 Å². The summed E-state index contributed by atoms with van der Waals surface area (Å²) in [5, 5.41) is -0.527. The van der Waals surface area contributed by atoms with Crippen LogP contribution in [0.4, 0.5) is 19.0 Å². The van der Waals surface area contributed by atoms with E-state index in [0.717, 1.165) is 12.5 Å². The zero-order valence-electron chi connectivity index (χ0n) is 10.7. The van der Waals surface area contributed by atoms with Crippen LogP contribution in [0, 0.1) is 0 Å². The summed E-state index contributed by atoms with van der Waals surface area (Å²) >= 11 is 5.51. The van der Waals surface area contributed by atoms with E-state index >= 15 is 0 Å². The highest BCUT2D eigenvalue weighted by Gasteiger charge is 2.34. The molecule has 0 aliphatic heterocycles. The average molecular weight is 311 g/mol. The van der Waals surface area contributed by atoms with Gasteiger partial charge in [0.1, 0.15) is 5.82 Å². The smallest absolute Gasteiger partial charge is 0.368 e. The summed E-state index contributed by atoms with van der Waals surface area (Å²) in [6.07, 6.45) is -3.15. The Balaban J connectivity index is 3.11. The number of hydrogen-bond donors (Lipinski definition) is 1. The minimum atomic E-state index is -4.63. The van der Waals surface area contributed by atoms with Crippen molar-refractivity contribution in [3.8, 4) is 0 Å². The molecule has 1 amide bonds. The highest BCUT2D eigenvalue weighted by atomic mass is 35.5. The van der Waals surface area contributed by atoms with Crippen molar-refractivity contribution >= 4 is 23.3 Å². The average Bonchev–Trinajstić information content (AvgIpc) is 2.32. The molecule has 0 aliphatic rings. The standard InChI is InChI=1S/C11H14ClF3N4O/c1-2-3-4-19(6-8(16)20)9-5-7(11(13,14)15)17-10(12)18-9/h5H,2-4,6H2,1H3,(H2,16,20). The highest BCUT2D eigenvalue weighted by molar-refractivity contribution is 6.28. The summed E-state index contributed by atoms with van der Waals surface area (Å²) in [5.41, 5.74) is 3.93. The maximum atomic E-state index is 12.7. The molecule has 1 aromatic heterocycles. The lowest BCUT2D eigenvalue weighted by molar-refractivity contribution is -0.141. The molecule has 20 heavy (non-hydrogen) atoms. The van der Waals surface area contributed by atoms with E-state index in [1.807, 2.05) is 6.92 Å². The summed E-state index contributed by atoms with van der Waals surface area (Å²) in [7, 11) is 0. The van der Waals surface area contributed by atoms with E-state index < -0.39 is 23.1 Å². The maximum Gasteiger partial charge on any atom is 0.433 e. The zero-order valence-corrected chi connectivity index (χ0v) is 11.5. The number of unbranched alkanes of at least 4 members (excludes halogenated alkanes) is 1. The second-order valence-electron chi connectivity index (χ2n) is 4.12. The minimum absolute atomic E-state index is 0.0652. The van der Waals surface area contributed by atoms with Gasteiger partial charge in [-0.1, -0.05) is 13.3 Å². The number of carbonyl (C=O) groups excluding carboxylic acids is 1. The molecule has 1 aromatic rings. The molecular weight excluding hydrogens is 297 g/mol. The number of anilines is 1. The van der Waals surface area contributed by atoms with Gasteiger partial charge in [0.15, 0.2) is 5.69 Å². The number of rotatable bonds is 6. The van der Waals surface area contributed by atoms with E-state index in [0.29, 0.717) is 13.0 Å². The Kier molecular flexibility index (Phi) is 5.55. The number of primary amides is 1. The molecule has 0 saturated carbocycles. The molecule has 0 atom stereocenters. The summed E-state index contributed by atoms with van der Waals surface area (Å²) in [6.45, 7) is 2.03. The molecule has 0 aromatic carbocycles. The molecule has 0 saturated heterocycles. The lowest BCUT2D eigenvalue weighted by Crippen LogP contribution is -2.35. The second-order valence-corrected chi connectivity index (χ2v) is 4.46. The van der Waals surface area contributed by atoms with Crippen LogP contribution in [-0.2, 0) is 11.0 Å². The van der Waals surface area contributed by atoms with E-state index in [4.69, 9.17) is 17.3 Å². The van der Waals surface area contributed by atoms with E-state index in [1.54, 1.807) is 0 Å². The second kappa shape index (κ2) is 6.74. The molecule has 2 N–H and O–H groups in total. The maximum absolute atomic E-state index is 12.7. The first-order valence-electron chi connectivity index (χ1n) is 5.89. The van der Waals surface area contributed by atoms with Crippen LogP contribution in [0.5, 0.6) is 0 Å². The number of hydrogen-bond acceptors (Lipinski definition) is 4. The number of carbonyl (C=O) groups is 1. The normalized spacial score (nSPS) is 11.4. The lowest BCUT2D eigenvalue weighted by Gasteiger charge is -2.22. The van der Waals surface area contributed by atoms with Gasteiger partial charge in [-0.2, -0.15) is 13.2 Å². The fraction of sp³-hybridized carbons (Fsp3) is 0.545. The molecule has 0 aliphatic carbocycles. The number of amides is 1. The fourth-order valence-corrected chi connectivity index (χ4v) is 1.70. The predicted molar refractivity (Wildman–Crippen MR) is 68.4 cm³/mol. The summed E-state index contributed by atoms with van der Waals surface area (Å²) in [4.78, 5) is 19.2. The molecule has 9 heteroatoms. The van der Waals surface area contributed by atoms with Crippen LogP contribution < -0.4 is 10.6 Å². The Morgan fingerprint density at radius 1 is 1.45 bits per heavy atom. The van der Waals surface area contributed by atoms with Gasteiger partial charge in [0, 0.05) is 12.6 Å². The molecule has 1 rings (SSSR count). The first-order chi connectivity index (χ1) is 9.24. The number of aromatic nitrogens is 2. The van der Waals surface area contributed by atoms with Gasteiger partial charge in [0.25, 0.3) is 0 Å². The van der Waals surface area contributed by atoms with Crippen LogP contribution >= 0.6 is 11.6 Å². The number of halogens is 4. The lowest BCUT2D eigenvalue weighted by atomic mass is 10.3. The van der Waals surface area contributed by atoms with Crippen molar-refractivity contribution in [3.05, 3.63) is 17.0 Å². The van der Waals surface area contributed by atoms with Crippen molar-refractivity contribution in [1.82, 2.24) is 9.97 Å². The van der Waals surface area contributed by atoms with Gasteiger partial charge in [-0.15, -0.1) is 0 Å². The van der Waals surface area contributed by atoms with Crippen LogP contribution in [0.3, 0.4) is 0 Å². The van der Waals surface area contributed by atoms with Crippen molar-refractivity contribution in [2.75, 3.05) is 18.0 Å². The van der Waals surface area contributed by atoms with Crippen LogP contribution in [0.25, 0.3) is 0 Å². The molecule has 1 heterocycles. The Hall–Kier alpha value is -1.57. The highest BCUT2D eigenvalue weighted by Crippen LogP contribution is 2.30. The number of nitrogens with zero attached hydrogens (tertiary/aromatic N) is 3. The quantitative estimate of drug-likeness (QED) is 0.818. The third kappa shape index (κ3) is 4.84. The Bertz CT molecular complexity index is 481.